The molecule has 1 aliphatic rings. The van der Waals surface area contributed by atoms with Gasteiger partial charge in [-0.15, -0.1) is 0 Å². The van der Waals surface area contributed by atoms with Gasteiger partial charge in [0, 0.05) is 23.9 Å². The highest BCUT2D eigenvalue weighted by atomic mass is 16.1. The van der Waals surface area contributed by atoms with E-state index in [4.69, 9.17) is 5.10 Å². The van der Waals surface area contributed by atoms with E-state index in [1.165, 1.54) is 0 Å². The van der Waals surface area contributed by atoms with Crippen molar-refractivity contribution in [3.8, 4) is 0 Å². The Hall–Kier alpha value is -1.36. The van der Waals surface area contributed by atoms with E-state index in [0.29, 0.717) is 12.5 Å². The maximum absolute atomic E-state index is 12.3. The van der Waals surface area contributed by atoms with Gasteiger partial charge < -0.3 is 10.6 Å². The van der Waals surface area contributed by atoms with Gasteiger partial charge in [0.2, 0.25) is 5.91 Å². The molecule has 22 heavy (non-hydrogen) atoms. The van der Waals surface area contributed by atoms with Crippen LogP contribution >= 0.6 is 0 Å². The normalized spacial score (nSPS) is 19.5. The molecule has 0 spiro atoms. The van der Waals surface area contributed by atoms with E-state index in [1.54, 1.807) is 0 Å². The summed E-state index contributed by atoms with van der Waals surface area (Å²) in [6.45, 7) is 13.7. The maximum atomic E-state index is 12.3. The fraction of sp³-hybridized carbons (Fsp3) is 0.765. The van der Waals surface area contributed by atoms with E-state index in [1.807, 2.05) is 10.7 Å². The van der Waals surface area contributed by atoms with Crippen LogP contribution in [0.3, 0.4) is 0 Å². The van der Waals surface area contributed by atoms with Gasteiger partial charge in [-0.2, -0.15) is 5.10 Å². The zero-order valence-corrected chi connectivity index (χ0v) is 14.8. The monoisotopic (exact) mass is 306 g/mol. The van der Waals surface area contributed by atoms with Crippen molar-refractivity contribution in [3.05, 3.63) is 11.8 Å². The Morgan fingerprint density at radius 1 is 1.36 bits per heavy atom. The molecule has 1 unspecified atom stereocenters. The van der Waals surface area contributed by atoms with Crippen LogP contribution in [0.4, 0.5) is 5.82 Å². The molecule has 1 aliphatic heterocycles. The molecular weight excluding hydrogens is 276 g/mol. The first kappa shape index (κ1) is 17.0. The van der Waals surface area contributed by atoms with Gasteiger partial charge in [0.25, 0.3) is 0 Å². The average molecular weight is 306 g/mol. The highest BCUT2D eigenvalue weighted by Gasteiger charge is 2.26. The van der Waals surface area contributed by atoms with Gasteiger partial charge in [0.1, 0.15) is 5.82 Å². The summed E-state index contributed by atoms with van der Waals surface area (Å²) >= 11 is 0. The van der Waals surface area contributed by atoms with E-state index in [2.05, 4.69) is 52.2 Å². The highest BCUT2D eigenvalue weighted by Crippen LogP contribution is 2.28. The molecule has 0 saturated carbocycles. The van der Waals surface area contributed by atoms with Crippen LogP contribution in [0.5, 0.6) is 0 Å². The van der Waals surface area contributed by atoms with Crippen molar-refractivity contribution in [2.75, 3.05) is 11.9 Å². The highest BCUT2D eigenvalue weighted by molar-refractivity contribution is 5.90. The van der Waals surface area contributed by atoms with Crippen LogP contribution < -0.4 is 10.6 Å². The second-order valence-corrected chi connectivity index (χ2v) is 8.29. The number of anilines is 1. The quantitative estimate of drug-likeness (QED) is 0.902. The third-order valence-corrected chi connectivity index (χ3v) is 3.97. The molecule has 2 N–H and O–H groups in total. The lowest BCUT2D eigenvalue weighted by Crippen LogP contribution is -2.30. The van der Waals surface area contributed by atoms with Crippen molar-refractivity contribution in [2.24, 2.45) is 0 Å². The van der Waals surface area contributed by atoms with Crippen LogP contribution in [-0.4, -0.2) is 28.3 Å². The first-order valence-corrected chi connectivity index (χ1v) is 8.21. The van der Waals surface area contributed by atoms with Crippen molar-refractivity contribution in [3.63, 3.8) is 0 Å². The minimum atomic E-state index is -0.169. The molecular formula is C17H30N4O. The van der Waals surface area contributed by atoms with Crippen LogP contribution in [0.1, 0.15) is 66.5 Å². The summed E-state index contributed by atoms with van der Waals surface area (Å²) in [5.74, 6) is 0.852. The Bertz CT molecular complexity index is 528. The second-order valence-electron chi connectivity index (χ2n) is 8.29. The van der Waals surface area contributed by atoms with E-state index in [0.717, 1.165) is 30.9 Å². The van der Waals surface area contributed by atoms with Crippen molar-refractivity contribution in [2.45, 2.75) is 77.8 Å². The molecule has 2 rings (SSSR count). The molecule has 1 saturated heterocycles. The van der Waals surface area contributed by atoms with Crippen molar-refractivity contribution in [1.82, 2.24) is 15.1 Å². The lowest BCUT2D eigenvalue weighted by Gasteiger charge is -2.23. The summed E-state index contributed by atoms with van der Waals surface area (Å²) < 4.78 is 1.92. The van der Waals surface area contributed by atoms with Crippen molar-refractivity contribution in [1.29, 1.82) is 0 Å². The minimum absolute atomic E-state index is 0.0387. The number of nitrogens with one attached hydrogen (secondary N) is 2. The lowest BCUT2D eigenvalue weighted by atomic mass is 9.92. The van der Waals surface area contributed by atoms with E-state index in [9.17, 15) is 4.79 Å². The third-order valence-electron chi connectivity index (χ3n) is 3.97. The fourth-order valence-electron chi connectivity index (χ4n) is 2.70. The van der Waals surface area contributed by atoms with Gasteiger partial charge in [-0.05, 0) is 40.2 Å². The number of rotatable bonds is 3. The van der Waals surface area contributed by atoms with E-state index in [-0.39, 0.29) is 16.9 Å². The number of hydrogen-bond donors (Lipinski definition) is 2. The molecule has 124 valence electrons. The summed E-state index contributed by atoms with van der Waals surface area (Å²) in [7, 11) is 0. The Kier molecular flexibility index (Phi) is 4.66. The molecule has 1 atom stereocenters. The van der Waals surface area contributed by atoms with Gasteiger partial charge in [-0.3, -0.25) is 4.79 Å². The molecule has 1 aromatic rings. The van der Waals surface area contributed by atoms with Gasteiger partial charge in [-0.1, -0.05) is 20.8 Å². The summed E-state index contributed by atoms with van der Waals surface area (Å²) in [5, 5.41) is 11.1. The van der Waals surface area contributed by atoms with E-state index < -0.39 is 0 Å². The van der Waals surface area contributed by atoms with Gasteiger partial charge in [-0.25, -0.2) is 4.68 Å². The van der Waals surface area contributed by atoms with Crippen LogP contribution in [0.15, 0.2) is 6.07 Å². The molecule has 0 aliphatic carbocycles. The van der Waals surface area contributed by atoms with Gasteiger partial charge in [0.15, 0.2) is 0 Å². The molecule has 1 fully saturated rings. The zero-order valence-electron chi connectivity index (χ0n) is 14.8. The van der Waals surface area contributed by atoms with Crippen molar-refractivity contribution >= 4 is 11.7 Å². The Morgan fingerprint density at radius 3 is 2.55 bits per heavy atom. The fourth-order valence-corrected chi connectivity index (χ4v) is 2.70. The largest absolute Gasteiger partial charge is 0.313 e. The molecule has 2 heterocycles. The Morgan fingerprint density at radius 2 is 2.05 bits per heavy atom. The SMILES string of the molecule is CC(C)(C)c1cc(NC(=O)CC2CCCN2)n(C(C)(C)C)n1. The topological polar surface area (TPSA) is 59.0 Å². The zero-order chi connectivity index (χ0) is 16.5. The number of carbonyl (C=O) groups is 1. The van der Waals surface area contributed by atoms with Crippen LogP contribution in [0.25, 0.3) is 0 Å². The smallest absolute Gasteiger partial charge is 0.227 e. The summed E-state index contributed by atoms with van der Waals surface area (Å²) in [6, 6.07) is 2.32. The molecule has 5 heteroatoms. The van der Waals surface area contributed by atoms with Crippen molar-refractivity contribution < 1.29 is 4.79 Å². The number of aromatic nitrogens is 2. The number of hydrogen-bond acceptors (Lipinski definition) is 3. The predicted molar refractivity (Wildman–Crippen MR) is 90.2 cm³/mol. The van der Waals surface area contributed by atoms with E-state index >= 15 is 0 Å². The molecule has 1 aromatic heterocycles. The number of nitrogens with zero attached hydrogens (tertiary/aromatic N) is 2. The third kappa shape index (κ3) is 4.09. The first-order valence-electron chi connectivity index (χ1n) is 8.21. The van der Waals surface area contributed by atoms with Crippen LogP contribution in [0.2, 0.25) is 0 Å². The summed E-state index contributed by atoms with van der Waals surface area (Å²) in [6.07, 6.45) is 2.77. The molecule has 0 bridgehead atoms. The van der Waals surface area contributed by atoms with Gasteiger partial charge in [0.05, 0.1) is 11.2 Å². The number of carbonyl (C=O) groups excluding carboxylic acids is 1. The van der Waals surface area contributed by atoms with Crippen LogP contribution in [0, 0.1) is 0 Å². The molecule has 0 radical (unpaired) electrons. The summed E-state index contributed by atoms with van der Waals surface area (Å²) in [4.78, 5) is 12.3. The Balaban J connectivity index is 2.17. The molecule has 0 aromatic carbocycles. The van der Waals surface area contributed by atoms with Gasteiger partial charge >= 0.3 is 0 Å². The Labute approximate surface area is 133 Å². The minimum Gasteiger partial charge on any atom is -0.313 e. The average Bonchev–Trinajstić information content (AvgIpc) is 2.95. The molecule has 1 amide bonds. The second kappa shape index (κ2) is 6.03. The predicted octanol–water partition coefficient (Wildman–Crippen LogP) is 3.02. The molecule has 5 nitrogen and oxygen atoms in total. The summed E-state index contributed by atoms with van der Waals surface area (Å²) in [5.41, 5.74) is 0.789. The lowest BCUT2D eigenvalue weighted by molar-refractivity contribution is -0.116. The van der Waals surface area contributed by atoms with Crippen LogP contribution in [-0.2, 0) is 15.7 Å². The maximum Gasteiger partial charge on any atom is 0.227 e. The standard InChI is InChI=1S/C17H30N4O/c1-16(2,3)13-11-14(21(20-13)17(4,5)6)19-15(22)10-12-8-7-9-18-12/h11-12,18H,7-10H2,1-6H3,(H,19,22). The first-order chi connectivity index (χ1) is 10.1. The number of amides is 1.